The Morgan fingerprint density at radius 3 is 2.67 bits per heavy atom. The maximum absolute atomic E-state index is 11.6. The van der Waals surface area contributed by atoms with E-state index < -0.39 is 0 Å². The van der Waals surface area contributed by atoms with Gasteiger partial charge in [-0.3, -0.25) is 4.79 Å². The van der Waals surface area contributed by atoms with E-state index in [-0.39, 0.29) is 17.4 Å². The average molecular weight is 212 g/mol. The minimum Gasteiger partial charge on any atom is -0.380 e. The van der Waals surface area contributed by atoms with Gasteiger partial charge in [0.2, 0.25) is 5.91 Å². The van der Waals surface area contributed by atoms with Crippen LogP contribution in [0.3, 0.4) is 0 Å². The van der Waals surface area contributed by atoms with Gasteiger partial charge in [-0.1, -0.05) is 6.92 Å². The second-order valence-corrected chi connectivity index (χ2v) is 5.19. The number of amides is 1. The predicted octanol–water partition coefficient (Wildman–Crippen LogP) is 0.280. The molecule has 1 heterocycles. The molecule has 1 saturated heterocycles. The van der Waals surface area contributed by atoms with Gasteiger partial charge < -0.3 is 15.4 Å². The maximum atomic E-state index is 11.6. The number of hydrogen-bond acceptors (Lipinski definition) is 3. The molecule has 2 aliphatic rings. The Balaban J connectivity index is 1.66. The first kappa shape index (κ1) is 10.9. The van der Waals surface area contributed by atoms with E-state index in [9.17, 15) is 4.79 Å². The zero-order chi connectivity index (χ0) is 10.9. The topological polar surface area (TPSA) is 50.4 Å². The number of rotatable bonds is 5. The third-order valence-corrected chi connectivity index (χ3v) is 3.05. The first-order valence-corrected chi connectivity index (χ1v) is 5.71. The summed E-state index contributed by atoms with van der Waals surface area (Å²) < 4.78 is 5.16. The number of carbonyl (C=O) groups excluding carboxylic acids is 1. The van der Waals surface area contributed by atoms with Crippen LogP contribution in [-0.4, -0.2) is 37.7 Å². The van der Waals surface area contributed by atoms with Crippen molar-refractivity contribution in [1.29, 1.82) is 0 Å². The molecule has 1 amide bonds. The SMILES string of the molecule is CC(NCC1(C)COC1)C(=O)NC1CC1. The molecule has 0 aromatic carbocycles. The van der Waals surface area contributed by atoms with Crippen LogP contribution < -0.4 is 10.6 Å². The lowest BCUT2D eigenvalue weighted by atomic mass is 9.88. The van der Waals surface area contributed by atoms with Gasteiger partial charge in [-0.2, -0.15) is 0 Å². The van der Waals surface area contributed by atoms with Crippen LogP contribution in [-0.2, 0) is 9.53 Å². The molecule has 0 radical (unpaired) electrons. The minimum atomic E-state index is -0.0944. The number of ether oxygens (including phenoxy) is 1. The Bertz CT molecular complexity index is 247. The summed E-state index contributed by atoms with van der Waals surface area (Å²) in [4.78, 5) is 11.6. The Labute approximate surface area is 90.8 Å². The van der Waals surface area contributed by atoms with Crippen LogP contribution >= 0.6 is 0 Å². The highest BCUT2D eigenvalue weighted by molar-refractivity contribution is 5.81. The zero-order valence-electron chi connectivity index (χ0n) is 9.51. The Morgan fingerprint density at radius 1 is 1.53 bits per heavy atom. The van der Waals surface area contributed by atoms with E-state index in [2.05, 4.69) is 17.6 Å². The van der Waals surface area contributed by atoms with Crippen molar-refractivity contribution in [3.05, 3.63) is 0 Å². The van der Waals surface area contributed by atoms with Gasteiger partial charge in [0.15, 0.2) is 0 Å². The van der Waals surface area contributed by atoms with E-state index >= 15 is 0 Å². The second-order valence-electron chi connectivity index (χ2n) is 5.19. The van der Waals surface area contributed by atoms with Gasteiger partial charge in [-0.25, -0.2) is 0 Å². The van der Waals surface area contributed by atoms with E-state index in [1.165, 1.54) is 0 Å². The summed E-state index contributed by atoms with van der Waals surface area (Å²) in [6.45, 7) is 6.55. The lowest BCUT2D eigenvalue weighted by Crippen LogP contribution is -2.52. The molecule has 4 heteroatoms. The quantitative estimate of drug-likeness (QED) is 0.688. The lowest BCUT2D eigenvalue weighted by molar-refractivity contribution is -0.124. The van der Waals surface area contributed by atoms with Crippen molar-refractivity contribution in [3.8, 4) is 0 Å². The smallest absolute Gasteiger partial charge is 0.237 e. The summed E-state index contributed by atoms with van der Waals surface area (Å²) in [6, 6.07) is 0.354. The largest absolute Gasteiger partial charge is 0.380 e. The van der Waals surface area contributed by atoms with Gasteiger partial charge in [0.1, 0.15) is 0 Å². The maximum Gasteiger partial charge on any atom is 0.237 e. The van der Waals surface area contributed by atoms with Crippen LogP contribution in [0.1, 0.15) is 26.7 Å². The molecule has 0 aromatic rings. The molecule has 15 heavy (non-hydrogen) atoms. The molecule has 1 unspecified atom stereocenters. The Morgan fingerprint density at radius 2 is 2.20 bits per heavy atom. The summed E-state index contributed by atoms with van der Waals surface area (Å²) in [5.41, 5.74) is 0.230. The van der Waals surface area contributed by atoms with Gasteiger partial charge in [0.05, 0.1) is 19.3 Å². The molecule has 2 rings (SSSR count). The highest BCUT2D eigenvalue weighted by Crippen LogP contribution is 2.25. The second kappa shape index (κ2) is 4.10. The molecule has 0 spiro atoms. The zero-order valence-corrected chi connectivity index (χ0v) is 9.51. The molecule has 1 atom stereocenters. The van der Waals surface area contributed by atoms with Crippen LogP contribution in [0.25, 0.3) is 0 Å². The minimum absolute atomic E-state index is 0.0944. The Kier molecular flexibility index (Phi) is 2.98. The molecule has 86 valence electrons. The van der Waals surface area contributed by atoms with Gasteiger partial charge in [0, 0.05) is 18.0 Å². The number of hydrogen-bond donors (Lipinski definition) is 2. The molecule has 2 fully saturated rings. The molecular weight excluding hydrogens is 192 g/mol. The highest BCUT2D eigenvalue weighted by Gasteiger charge is 2.34. The van der Waals surface area contributed by atoms with Crippen LogP contribution in [0.2, 0.25) is 0 Å². The number of nitrogens with one attached hydrogen (secondary N) is 2. The fourth-order valence-electron chi connectivity index (χ4n) is 1.60. The summed E-state index contributed by atoms with van der Waals surface area (Å²) in [5, 5.41) is 6.26. The first-order valence-electron chi connectivity index (χ1n) is 5.71. The van der Waals surface area contributed by atoms with E-state index in [0.29, 0.717) is 6.04 Å². The van der Waals surface area contributed by atoms with Crippen LogP contribution in [0.4, 0.5) is 0 Å². The van der Waals surface area contributed by atoms with E-state index in [1.54, 1.807) is 0 Å². The van der Waals surface area contributed by atoms with Crippen molar-refractivity contribution in [2.75, 3.05) is 19.8 Å². The van der Waals surface area contributed by atoms with Crippen molar-refractivity contribution in [1.82, 2.24) is 10.6 Å². The fourth-order valence-corrected chi connectivity index (χ4v) is 1.60. The van der Waals surface area contributed by atoms with E-state index in [1.807, 2.05) is 6.92 Å². The van der Waals surface area contributed by atoms with Crippen LogP contribution in [0.15, 0.2) is 0 Å². The normalized spacial score (nSPS) is 25.5. The third-order valence-electron chi connectivity index (χ3n) is 3.05. The molecular formula is C11H20N2O2. The van der Waals surface area contributed by atoms with Gasteiger partial charge in [0.25, 0.3) is 0 Å². The van der Waals surface area contributed by atoms with Crippen LogP contribution in [0.5, 0.6) is 0 Å². The predicted molar refractivity (Wildman–Crippen MR) is 57.6 cm³/mol. The van der Waals surface area contributed by atoms with Crippen LogP contribution in [0, 0.1) is 5.41 Å². The van der Waals surface area contributed by atoms with Crippen molar-refractivity contribution in [2.24, 2.45) is 5.41 Å². The molecule has 2 N–H and O–H groups in total. The molecule has 1 aliphatic carbocycles. The Hall–Kier alpha value is -0.610. The molecule has 1 saturated carbocycles. The van der Waals surface area contributed by atoms with Gasteiger partial charge in [-0.05, 0) is 19.8 Å². The standard InChI is InChI=1S/C11H20N2O2/c1-8(10(14)13-9-3-4-9)12-5-11(2)6-15-7-11/h8-9,12H,3-7H2,1-2H3,(H,13,14). The third kappa shape index (κ3) is 2.92. The van der Waals surface area contributed by atoms with Crippen molar-refractivity contribution in [2.45, 2.75) is 38.8 Å². The first-order chi connectivity index (χ1) is 7.09. The number of carbonyl (C=O) groups is 1. The summed E-state index contributed by atoms with van der Waals surface area (Å²) in [6.07, 6.45) is 2.29. The summed E-state index contributed by atoms with van der Waals surface area (Å²) in [5.74, 6) is 0.126. The summed E-state index contributed by atoms with van der Waals surface area (Å²) >= 11 is 0. The van der Waals surface area contributed by atoms with E-state index in [4.69, 9.17) is 4.74 Å². The molecule has 0 bridgehead atoms. The highest BCUT2D eigenvalue weighted by atomic mass is 16.5. The average Bonchev–Trinajstić information content (AvgIpc) is 2.94. The monoisotopic (exact) mass is 212 g/mol. The molecule has 0 aromatic heterocycles. The lowest BCUT2D eigenvalue weighted by Gasteiger charge is -2.38. The van der Waals surface area contributed by atoms with Gasteiger partial charge >= 0.3 is 0 Å². The van der Waals surface area contributed by atoms with Crippen molar-refractivity contribution in [3.63, 3.8) is 0 Å². The van der Waals surface area contributed by atoms with Crippen molar-refractivity contribution < 1.29 is 9.53 Å². The van der Waals surface area contributed by atoms with Crippen molar-refractivity contribution >= 4 is 5.91 Å². The summed E-state index contributed by atoms with van der Waals surface area (Å²) in [7, 11) is 0. The van der Waals surface area contributed by atoms with Gasteiger partial charge in [-0.15, -0.1) is 0 Å². The molecule has 1 aliphatic heterocycles. The van der Waals surface area contributed by atoms with E-state index in [0.717, 1.165) is 32.6 Å². The fraction of sp³-hybridized carbons (Fsp3) is 0.909. The molecule has 4 nitrogen and oxygen atoms in total.